The molecule has 0 bridgehead atoms. The van der Waals surface area contributed by atoms with Gasteiger partial charge in [-0.3, -0.25) is 9.78 Å². The fourth-order valence-corrected chi connectivity index (χ4v) is 1.69. The molecule has 0 unspecified atom stereocenters. The summed E-state index contributed by atoms with van der Waals surface area (Å²) in [5, 5.41) is 2.57. The van der Waals surface area contributed by atoms with E-state index in [1.165, 1.54) is 6.20 Å². The smallest absolute Gasteiger partial charge is 0.269 e. The lowest BCUT2D eigenvalue weighted by atomic mass is 10.3. The molecule has 0 aliphatic carbocycles. The molecule has 0 atom stereocenters. The third-order valence-electron chi connectivity index (χ3n) is 2.01. The highest BCUT2D eigenvalue weighted by atomic mass is 32.2. The summed E-state index contributed by atoms with van der Waals surface area (Å²) in [5.74, 6) is -0.289. The summed E-state index contributed by atoms with van der Waals surface area (Å²) in [5.41, 5.74) is 0.311. The molecule has 1 aromatic heterocycles. The zero-order chi connectivity index (χ0) is 12.7. The Kier molecular flexibility index (Phi) is 5.05. The summed E-state index contributed by atoms with van der Waals surface area (Å²) < 4.78 is 24.5. The van der Waals surface area contributed by atoms with Crippen LogP contribution in [0.3, 0.4) is 0 Å². The van der Waals surface area contributed by atoms with Crippen LogP contribution in [0, 0.1) is 0 Å². The summed E-state index contributed by atoms with van der Waals surface area (Å²) in [6.45, 7) is 1.96. The number of hydrogen-bond acceptors (Lipinski definition) is 4. The number of hydrogen-bond donors (Lipinski definition) is 2. The summed E-state index contributed by atoms with van der Waals surface area (Å²) in [7, 11) is -3.20. The topological polar surface area (TPSA) is 88.2 Å². The van der Waals surface area contributed by atoms with E-state index in [0.717, 1.165) is 0 Å². The van der Waals surface area contributed by atoms with Crippen LogP contribution in [0.5, 0.6) is 0 Å². The number of sulfonamides is 1. The fraction of sp³-hybridized carbons (Fsp3) is 0.400. The maximum Gasteiger partial charge on any atom is 0.269 e. The van der Waals surface area contributed by atoms with Gasteiger partial charge in [-0.05, 0) is 19.1 Å². The number of aromatic nitrogens is 1. The van der Waals surface area contributed by atoms with Crippen LogP contribution in [0.1, 0.15) is 17.4 Å². The van der Waals surface area contributed by atoms with Crippen molar-refractivity contribution >= 4 is 15.9 Å². The number of nitrogens with one attached hydrogen (secondary N) is 2. The molecule has 94 valence electrons. The molecule has 0 saturated heterocycles. The van der Waals surface area contributed by atoms with Crippen molar-refractivity contribution in [3.8, 4) is 0 Å². The Hall–Kier alpha value is -1.47. The Balaban J connectivity index is 2.31. The molecular formula is C10H15N3O3S. The van der Waals surface area contributed by atoms with Gasteiger partial charge in [0.05, 0.1) is 5.75 Å². The molecule has 0 radical (unpaired) electrons. The van der Waals surface area contributed by atoms with E-state index in [-0.39, 0.29) is 24.7 Å². The third-order valence-corrected chi connectivity index (χ3v) is 3.41. The molecule has 0 aromatic carbocycles. The van der Waals surface area contributed by atoms with E-state index >= 15 is 0 Å². The Bertz CT molecular complexity index is 459. The van der Waals surface area contributed by atoms with Crippen molar-refractivity contribution in [1.29, 1.82) is 0 Å². The molecule has 1 rings (SSSR count). The second-order valence-electron chi connectivity index (χ2n) is 3.27. The van der Waals surface area contributed by atoms with Gasteiger partial charge in [0, 0.05) is 19.3 Å². The third kappa shape index (κ3) is 4.92. The number of nitrogens with zero attached hydrogens (tertiary/aromatic N) is 1. The van der Waals surface area contributed by atoms with Crippen LogP contribution in [-0.4, -0.2) is 38.2 Å². The molecule has 0 aliphatic rings. The summed E-state index contributed by atoms with van der Waals surface area (Å²) in [6, 6.07) is 5.01. The zero-order valence-corrected chi connectivity index (χ0v) is 10.3. The average Bonchev–Trinajstić information content (AvgIpc) is 2.35. The lowest BCUT2D eigenvalue weighted by Gasteiger charge is -2.06. The largest absolute Gasteiger partial charge is 0.349 e. The van der Waals surface area contributed by atoms with E-state index in [9.17, 15) is 13.2 Å². The minimum atomic E-state index is -3.20. The normalized spacial score (nSPS) is 11.1. The summed E-state index contributed by atoms with van der Waals surface area (Å²) >= 11 is 0. The van der Waals surface area contributed by atoms with Crippen molar-refractivity contribution in [2.24, 2.45) is 0 Å². The van der Waals surface area contributed by atoms with Crippen LogP contribution in [0.15, 0.2) is 24.4 Å². The van der Waals surface area contributed by atoms with Crippen LogP contribution in [0.4, 0.5) is 0 Å². The fourth-order valence-electron chi connectivity index (χ4n) is 1.07. The lowest BCUT2D eigenvalue weighted by molar-refractivity contribution is 0.0949. The maximum absolute atomic E-state index is 11.5. The molecule has 0 fully saturated rings. The average molecular weight is 257 g/mol. The highest BCUT2D eigenvalue weighted by Gasteiger charge is 2.07. The standard InChI is InChI=1S/C10H15N3O3S/c1-2-17(15,16)13-8-7-12-10(14)9-5-3-4-6-11-9/h3-6,13H,2,7-8H2,1H3,(H,12,14). The Labute approximate surface area is 100 Å². The minimum absolute atomic E-state index is 0.0290. The first-order chi connectivity index (χ1) is 8.05. The molecule has 1 amide bonds. The highest BCUT2D eigenvalue weighted by Crippen LogP contribution is 1.91. The first kappa shape index (κ1) is 13.6. The van der Waals surface area contributed by atoms with E-state index in [1.807, 2.05) is 0 Å². The molecular weight excluding hydrogens is 242 g/mol. The minimum Gasteiger partial charge on any atom is -0.349 e. The molecule has 1 heterocycles. The van der Waals surface area contributed by atoms with Crippen LogP contribution >= 0.6 is 0 Å². The van der Waals surface area contributed by atoms with Crippen LogP contribution < -0.4 is 10.0 Å². The Morgan fingerprint density at radius 1 is 1.35 bits per heavy atom. The predicted octanol–water partition coefficient (Wildman–Crippen LogP) is -0.249. The molecule has 0 saturated carbocycles. The van der Waals surface area contributed by atoms with Crippen molar-refractivity contribution in [2.45, 2.75) is 6.92 Å². The van der Waals surface area contributed by atoms with Gasteiger partial charge in [0.1, 0.15) is 5.69 Å². The van der Waals surface area contributed by atoms with E-state index in [1.54, 1.807) is 25.1 Å². The van der Waals surface area contributed by atoms with Gasteiger partial charge in [-0.2, -0.15) is 0 Å². The van der Waals surface area contributed by atoms with Crippen molar-refractivity contribution in [2.75, 3.05) is 18.8 Å². The molecule has 7 heteroatoms. The number of carbonyl (C=O) groups excluding carboxylic acids is 1. The Morgan fingerprint density at radius 2 is 2.12 bits per heavy atom. The van der Waals surface area contributed by atoms with E-state index in [0.29, 0.717) is 5.69 Å². The van der Waals surface area contributed by atoms with E-state index < -0.39 is 10.0 Å². The molecule has 2 N–H and O–H groups in total. The van der Waals surface area contributed by atoms with E-state index in [2.05, 4.69) is 15.0 Å². The molecule has 0 aliphatic heterocycles. The Morgan fingerprint density at radius 3 is 2.71 bits per heavy atom. The zero-order valence-electron chi connectivity index (χ0n) is 9.51. The van der Waals surface area contributed by atoms with Crippen molar-refractivity contribution < 1.29 is 13.2 Å². The number of pyridine rings is 1. The van der Waals surface area contributed by atoms with Gasteiger partial charge < -0.3 is 5.32 Å². The van der Waals surface area contributed by atoms with Gasteiger partial charge in [0.15, 0.2) is 0 Å². The van der Waals surface area contributed by atoms with Crippen molar-refractivity contribution in [3.05, 3.63) is 30.1 Å². The number of amides is 1. The first-order valence-electron chi connectivity index (χ1n) is 5.21. The molecule has 17 heavy (non-hydrogen) atoms. The summed E-state index contributed by atoms with van der Waals surface area (Å²) in [4.78, 5) is 15.4. The van der Waals surface area contributed by atoms with E-state index in [4.69, 9.17) is 0 Å². The monoisotopic (exact) mass is 257 g/mol. The van der Waals surface area contributed by atoms with Crippen LogP contribution in [-0.2, 0) is 10.0 Å². The molecule has 0 spiro atoms. The van der Waals surface area contributed by atoms with Crippen molar-refractivity contribution in [3.63, 3.8) is 0 Å². The van der Waals surface area contributed by atoms with Gasteiger partial charge in [0.2, 0.25) is 10.0 Å². The van der Waals surface area contributed by atoms with Crippen LogP contribution in [0.25, 0.3) is 0 Å². The second kappa shape index (κ2) is 6.31. The SMILES string of the molecule is CCS(=O)(=O)NCCNC(=O)c1ccccn1. The maximum atomic E-state index is 11.5. The number of carbonyl (C=O) groups is 1. The quantitative estimate of drug-likeness (QED) is 0.688. The predicted molar refractivity (Wildman–Crippen MR) is 64.0 cm³/mol. The van der Waals surface area contributed by atoms with Gasteiger partial charge in [-0.25, -0.2) is 13.1 Å². The second-order valence-corrected chi connectivity index (χ2v) is 5.36. The van der Waals surface area contributed by atoms with Gasteiger partial charge in [-0.1, -0.05) is 6.07 Å². The first-order valence-corrected chi connectivity index (χ1v) is 6.87. The molecule has 6 nitrogen and oxygen atoms in total. The van der Waals surface area contributed by atoms with Gasteiger partial charge >= 0.3 is 0 Å². The lowest BCUT2D eigenvalue weighted by Crippen LogP contribution is -2.35. The number of rotatable bonds is 6. The molecule has 1 aromatic rings. The van der Waals surface area contributed by atoms with Gasteiger partial charge in [0.25, 0.3) is 5.91 Å². The van der Waals surface area contributed by atoms with Gasteiger partial charge in [-0.15, -0.1) is 0 Å². The summed E-state index contributed by atoms with van der Waals surface area (Å²) in [6.07, 6.45) is 1.52. The highest BCUT2D eigenvalue weighted by molar-refractivity contribution is 7.89. The van der Waals surface area contributed by atoms with Crippen molar-refractivity contribution in [1.82, 2.24) is 15.0 Å². The van der Waals surface area contributed by atoms with Crippen LogP contribution in [0.2, 0.25) is 0 Å².